The van der Waals surface area contributed by atoms with Gasteiger partial charge < -0.3 is 4.90 Å². The number of hydrogen-bond acceptors (Lipinski definition) is 4. The summed E-state index contributed by atoms with van der Waals surface area (Å²) in [5.74, 6) is 6.33. The van der Waals surface area contributed by atoms with E-state index in [4.69, 9.17) is 0 Å². The summed E-state index contributed by atoms with van der Waals surface area (Å²) in [6.45, 7) is 6.24. The molecule has 1 aliphatic heterocycles. The Kier molecular flexibility index (Phi) is 4.50. The van der Waals surface area contributed by atoms with E-state index in [2.05, 4.69) is 52.5 Å². The highest BCUT2D eigenvalue weighted by Crippen LogP contribution is 2.24. The van der Waals surface area contributed by atoms with Crippen LogP contribution in [0.1, 0.15) is 31.4 Å². The molecule has 0 amide bonds. The first-order valence-electron chi connectivity index (χ1n) is 8.00. The molecule has 2 aromatic rings. The molecular formula is C19H21FN4. The maximum Gasteiger partial charge on any atom is 0.226 e. The maximum atomic E-state index is 13.1. The first kappa shape index (κ1) is 16.4. The second-order valence-electron chi connectivity index (χ2n) is 6.70. The van der Waals surface area contributed by atoms with Crippen molar-refractivity contribution in [2.75, 3.05) is 25.2 Å². The van der Waals surface area contributed by atoms with Crippen molar-refractivity contribution in [2.45, 2.75) is 25.8 Å². The van der Waals surface area contributed by atoms with Gasteiger partial charge in [0.15, 0.2) is 0 Å². The molecule has 0 unspecified atom stereocenters. The number of aromatic nitrogens is 2. The van der Waals surface area contributed by atoms with E-state index in [-0.39, 0.29) is 11.4 Å². The number of hydrogen-bond donors (Lipinski definition) is 0. The average Bonchev–Trinajstić information content (AvgIpc) is 2.56. The molecular weight excluding hydrogens is 303 g/mol. The first-order valence-corrected chi connectivity index (χ1v) is 8.00. The molecule has 1 saturated heterocycles. The fourth-order valence-corrected chi connectivity index (χ4v) is 2.54. The van der Waals surface area contributed by atoms with Crippen molar-refractivity contribution in [1.82, 2.24) is 14.9 Å². The van der Waals surface area contributed by atoms with Crippen LogP contribution >= 0.6 is 0 Å². The third kappa shape index (κ3) is 3.72. The Hall–Kier alpha value is -2.45. The lowest BCUT2D eigenvalue weighted by atomic mass is 9.97. The van der Waals surface area contributed by atoms with Gasteiger partial charge in [0.05, 0.1) is 12.2 Å². The van der Waals surface area contributed by atoms with E-state index in [1.54, 1.807) is 24.5 Å². The van der Waals surface area contributed by atoms with Crippen LogP contribution in [-0.2, 0) is 0 Å². The predicted molar refractivity (Wildman–Crippen MR) is 93.1 cm³/mol. The molecule has 5 heteroatoms. The van der Waals surface area contributed by atoms with Crippen LogP contribution in [0.25, 0.3) is 0 Å². The molecule has 24 heavy (non-hydrogen) atoms. The van der Waals surface area contributed by atoms with E-state index in [1.807, 2.05) is 0 Å². The van der Waals surface area contributed by atoms with E-state index in [9.17, 15) is 4.39 Å². The second-order valence-corrected chi connectivity index (χ2v) is 6.70. The molecule has 0 radical (unpaired) electrons. The van der Waals surface area contributed by atoms with Crippen molar-refractivity contribution in [1.29, 1.82) is 0 Å². The van der Waals surface area contributed by atoms with Crippen LogP contribution in [0.3, 0.4) is 0 Å². The lowest BCUT2D eigenvalue weighted by Crippen LogP contribution is -2.54. The Morgan fingerprint density at radius 3 is 2.50 bits per heavy atom. The van der Waals surface area contributed by atoms with Crippen LogP contribution in [0.15, 0.2) is 36.7 Å². The van der Waals surface area contributed by atoms with Gasteiger partial charge in [-0.2, -0.15) is 0 Å². The summed E-state index contributed by atoms with van der Waals surface area (Å²) in [5.41, 5.74) is 1.56. The molecule has 1 aromatic heterocycles. The zero-order valence-corrected chi connectivity index (χ0v) is 14.3. The second kappa shape index (κ2) is 6.58. The van der Waals surface area contributed by atoms with Gasteiger partial charge in [0.25, 0.3) is 0 Å². The topological polar surface area (TPSA) is 32.3 Å². The Morgan fingerprint density at radius 1 is 1.12 bits per heavy atom. The van der Waals surface area contributed by atoms with Crippen molar-refractivity contribution in [3.8, 4) is 11.8 Å². The van der Waals surface area contributed by atoms with Crippen molar-refractivity contribution in [2.24, 2.45) is 0 Å². The highest BCUT2D eigenvalue weighted by molar-refractivity contribution is 5.42. The van der Waals surface area contributed by atoms with E-state index in [0.717, 1.165) is 19.6 Å². The molecule has 1 aromatic carbocycles. The highest BCUT2D eigenvalue weighted by atomic mass is 19.1. The molecule has 0 atom stereocenters. The molecule has 1 fully saturated rings. The lowest BCUT2D eigenvalue weighted by molar-refractivity contribution is 0.118. The van der Waals surface area contributed by atoms with Gasteiger partial charge in [-0.25, -0.2) is 14.4 Å². The summed E-state index contributed by atoms with van der Waals surface area (Å²) in [7, 11) is 2.12. The maximum absolute atomic E-state index is 13.1. The normalized spacial score (nSPS) is 17.2. The molecule has 1 aliphatic rings. The number of nitrogens with zero attached hydrogens (tertiary/aromatic N) is 4. The molecule has 3 rings (SSSR count). The predicted octanol–water partition coefficient (Wildman–Crippen LogP) is 2.89. The van der Waals surface area contributed by atoms with Crippen LogP contribution < -0.4 is 4.90 Å². The summed E-state index contributed by atoms with van der Waals surface area (Å²) in [6.07, 6.45) is 4.50. The molecule has 0 N–H and O–H groups in total. The SMILES string of the molecule is CN1CN(c2ncc(C#Cc3cccc(F)c3)cn2)CCC1(C)C. The largest absolute Gasteiger partial charge is 0.328 e. The van der Waals surface area contributed by atoms with Gasteiger partial charge in [-0.05, 0) is 45.5 Å². The van der Waals surface area contributed by atoms with Crippen LogP contribution in [0, 0.1) is 17.7 Å². The molecule has 2 heterocycles. The molecule has 0 spiro atoms. The minimum Gasteiger partial charge on any atom is -0.328 e. The van der Waals surface area contributed by atoms with E-state index in [1.165, 1.54) is 12.1 Å². The van der Waals surface area contributed by atoms with Crippen LogP contribution in [-0.4, -0.2) is 40.7 Å². The number of rotatable bonds is 1. The zero-order chi connectivity index (χ0) is 17.2. The highest BCUT2D eigenvalue weighted by Gasteiger charge is 2.31. The van der Waals surface area contributed by atoms with E-state index in [0.29, 0.717) is 17.1 Å². The summed E-state index contributed by atoms with van der Waals surface area (Å²) in [6, 6.07) is 6.23. The van der Waals surface area contributed by atoms with Gasteiger partial charge in [-0.1, -0.05) is 17.9 Å². The zero-order valence-electron chi connectivity index (χ0n) is 14.3. The minimum atomic E-state index is -0.287. The average molecular weight is 324 g/mol. The van der Waals surface area contributed by atoms with Gasteiger partial charge in [-0.3, -0.25) is 4.90 Å². The standard InChI is InChI=1S/C19H21FN4/c1-19(2)9-10-24(14-23(19)3)18-21-12-16(13-22-18)8-7-15-5-4-6-17(20)11-15/h4-6,11-13H,9-10,14H2,1-3H3. The monoisotopic (exact) mass is 324 g/mol. The first-order chi connectivity index (χ1) is 11.4. The van der Waals surface area contributed by atoms with Gasteiger partial charge >= 0.3 is 0 Å². The van der Waals surface area contributed by atoms with Gasteiger partial charge in [-0.15, -0.1) is 0 Å². The summed E-state index contributed by atoms with van der Waals surface area (Å²) in [5, 5.41) is 0. The summed E-state index contributed by atoms with van der Waals surface area (Å²) in [4.78, 5) is 13.3. The van der Waals surface area contributed by atoms with Crippen LogP contribution in [0.4, 0.5) is 10.3 Å². The van der Waals surface area contributed by atoms with Gasteiger partial charge in [0, 0.05) is 30.0 Å². The Morgan fingerprint density at radius 2 is 1.83 bits per heavy atom. The number of halogens is 1. The Bertz CT molecular complexity index is 774. The van der Waals surface area contributed by atoms with E-state index >= 15 is 0 Å². The third-order valence-corrected chi connectivity index (χ3v) is 4.51. The molecule has 0 saturated carbocycles. The van der Waals surface area contributed by atoms with E-state index < -0.39 is 0 Å². The Labute approximate surface area is 142 Å². The number of benzene rings is 1. The van der Waals surface area contributed by atoms with Crippen LogP contribution in [0.5, 0.6) is 0 Å². The van der Waals surface area contributed by atoms with Crippen molar-refractivity contribution >= 4 is 5.95 Å². The van der Waals surface area contributed by atoms with Crippen molar-refractivity contribution < 1.29 is 4.39 Å². The third-order valence-electron chi connectivity index (χ3n) is 4.51. The molecule has 4 nitrogen and oxygen atoms in total. The molecule has 0 aliphatic carbocycles. The molecule has 0 bridgehead atoms. The Balaban J connectivity index is 1.70. The summed E-state index contributed by atoms with van der Waals surface area (Å²) >= 11 is 0. The lowest BCUT2D eigenvalue weighted by Gasteiger charge is -2.44. The molecule has 124 valence electrons. The van der Waals surface area contributed by atoms with Crippen molar-refractivity contribution in [3.05, 3.63) is 53.6 Å². The quantitative estimate of drug-likeness (QED) is 0.755. The van der Waals surface area contributed by atoms with Gasteiger partial charge in [0.2, 0.25) is 5.95 Å². The smallest absolute Gasteiger partial charge is 0.226 e. The van der Waals surface area contributed by atoms with Crippen molar-refractivity contribution in [3.63, 3.8) is 0 Å². The van der Waals surface area contributed by atoms with Crippen LogP contribution in [0.2, 0.25) is 0 Å². The fourth-order valence-electron chi connectivity index (χ4n) is 2.54. The minimum absolute atomic E-state index is 0.201. The number of anilines is 1. The van der Waals surface area contributed by atoms with Gasteiger partial charge in [0.1, 0.15) is 5.82 Å². The fraction of sp³-hybridized carbons (Fsp3) is 0.368. The summed E-state index contributed by atoms with van der Waals surface area (Å²) < 4.78 is 13.1.